The van der Waals surface area contributed by atoms with Crippen LogP contribution in [0.4, 0.5) is 0 Å². The van der Waals surface area contributed by atoms with Gasteiger partial charge in [-0.05, 0) is 26.0 Å². The van der Waals surface area contributed by atoms with Gasteiger partial charge in [0.25, 0.3) is 0 Å². The van der Waals surface area contributed by atoms with Gasteiger partial charge in [-0.3, -0.25) is 16.2 Å². The molecule has 118 valence electrons. The lowest BCUT2D eigenvalue weighted by molar-refractivity contribution is -0.0474. The number of morpholine rings is 1. The maximum Gasteiger partial charge on any atom is 0.123 e. The van der Waals surface area contributed by atoms with E-state index >= 15 is 0 Å². The van der Waals surface area contributed by atoms with E-state index in [9.17, 15) is 0 Å². The van der Waals surface area contributed by atoms with Crippen LogP contribution < -0.4 is 16.0 Å². The molecule has 2 unspecified atom stereocenters. The number of nitrogens with one attached hydrogen (secondary N) is 1. The maximum absolute atomic E-state index is 5.96. The minimum absolute atomic E-state index is 0.0333. The summed E-state index contributed by atoms with van der Waals surface area (Å²) in [6.07, 6.45) is 1.19. The van der Waals surface area contributed by atoms with Crippen molar-refractivity contribution in [3.8, 4) is 5.75 Å². The molecular formula is C16H27N3O2. The van der Waals surface area contributed by atoms with Gasteiger partial charge in [-0.15, -0.1) is 0 Å². The second kappa shape index (κ2) is 7.75. The molecule has 5 nitrogen and oxygen atoms in total. The van der Waals surface area contributed by atoms with Gasteiger partial charge in [0.05, 0.1) is 25.9 Å². The van der Waals surface area contributed by atoms with Crippen LogP contribution in [-0.2, 0) is 4.74 Å². The number of hydrogen-bond acceptors (Lipinski definition) is 5. The molecule has 3 N–H and O–H groups in total. The molecule has 1 fully saturated rings. The quantitative estimate of drug-likeness (QED) is 0.616. The van der Waals surface area contributed by atoms with E-state index in [0.29, 0.717) is 0 Å². The predicted molar refractivity (Wildman–Crippen MR) is 84.3 cm³/mol. The van der Waals surface area contributed by atoms with Crippen molar-refractivity contribution in [2.45, 2.75) is 32.4 Å². The fourth-order valence-electron chi connectivity index (χ4n) is 2.95. The summed E-state index contributed by atoms with van der Waals surface area (Å²) in [6.45, 7) is 8.00. The topological polar surface area (TPSA) is 59.8 Å². The Morgan fingerprint density at radius 1 is 1.52 bits per heavy atom. The van der Waals surface area contributed by atoms with Gasteiger partial charge >= 0.3 is 0 Å². The third kappa shape index (κ3) is 3.95. The van der Waals surface area contributed by atoms with E-state index in [1.807, 2.05) is 12.1 Å². The summed E-state index contributed by atoms with van der Waals surface area (Å²) in [4.78, 5) is 2.43. The second-order valence-electron chi connectivity index (χ2n) is 5.60. The van der Waals surface area contributed by atoms with Crippen LogP contribution in [0.25, 0.3) is 0 Å². The van der Waals surface area contributed by atoms with Crippen molar-refractivity contribution in [3.63, 3.8) is 0 Å². The Labute approximate surface area is 127 Å². The lowest BCUT2D eigenvalue weighted by atomic mass is 9.97. The molecule has 2 atom stereocenters. The zero-order chi connectivity index (χ0) is 15.2. The fraction of sp³-hybridized carbons (Fsp3) is 0.625. The zero-order valence-corrected chi connectivity index (χ0v) is 13.3. The third-order valence-electron chi connectivity index (χ3n) is 3.99. The molecule has 0 aromatic heterocycles. The van der Waals surface area contributed by atoms with Gasteiger partial charge in [0.1, 0.15) is 5.75 Å². The van der Waals surface area contributed by atoms with E-state index in [1.54, 1.807) is 7.11 Å². The molecule has 1 aliphatic heterocycles. The number of nitrogens with zero attached hydrogens (tertiary/aromatic N) is 1. The average molecular weight is 293 g/mol. The summed E-state index contributed by atoms with van der Waals surface area (Å²) in [5.74, 6) is 6.67. The van der Waals surface area contributed by atoms with Gasteiger partial charge in [0, 0.05) is 18.7 Å². The van der Waals surface area contributed by atoms with Crippen molar-refractivity contribution in [2.75, 3.05) is 33.4 Å². The standard InChI is InChI=1S/C16H27N3O2/c1-4-7-19-8-9-21-15(11-19)16(18-17)13-10-12(2)5-6-14(13)20-3/h5-6,10,15-16,18H,4,7-9,11,17H2,1-3H3. The number of hydrogen-bond donors (Lipinski definition) is 2. The first-order valence-corrected chi connectivity index (χ1v) is 7.64. The highest BCUT2D eigenvalue weighted by atomic mass is 16.5. The number of aryl methyl sites for hydroxylation is 1. The number of benzene rings is 1. The van der Waals surface area contributed by atoms with Crippen LogP contribution >= 0.6 is 0 Å². The van der Waals surface area contributed by atoms with Gasteiger partial charge in [-0.1, -0.05) is 24.6 Å². The van der Waals surface area contributed by atoms with E-state index in [2.05, 4.69) is 30.2 Å². The number of hydrazine groups is 1. The first-order valence-electron chi connectivity index (χ1n) is 7.64. The molecule has 2 rings (SSSR count). The summed E-state index contributed by atoms with van der Waals surface area (Å²) in [5.41, 5.74) is 5.17. The van der Waals surface area contributed by atoms with E-state index in [-0.39, 0.29) is 12.1 Å². The molecule has 1 aliphatic rings. The summed E-state index contributed by atoms with van der Waals surface area (Å²) >= 11 is 0. The van der Waals surface area contributed by atoms with Gasteiger partial charge in [0.2, 0.25) is 0 Å². The monoisotopic (exact) mass is 293 g/mol. The SMILES string of the molecule is CCCN1CCOC(C(NN)c2cc(C)ccc2OC)C1. The molecular weight excluding hydrogens is 266 g/mol. The Morgan fingerprint density at radius 3 is 3.00 bits per heavy atom. The first-order chi connectivity index (χ1) is 10.2. The molecule has 0 spiro atoms. The van der Waals surface area contributed by atoms with Crippen LogP contribution in [0.5, 0.6) is 5.75 Å². The number of nitrogens with two attached hydrogens (primary N) is 1. The number of methoxy groups -OCH3 is 1. The molecule has 0 amide bonds. The number of rotatable bonds is 6. The van der Waals surface area contributed by atoms with Crippen LogP contribution in [0.1, 0.15) is 30.5 Å². The van der Waals surface area contributed by atoms with Crippen LogP contribution in [0.3, 0.4) is 0 Å². The lowest BCUT2D eigenvalue weighted by Gasteiger charge is -2.37. The van der Waals surface area contributed by atoms with Crippen LogP contribution in [0, 0.1) is 6.92 Å². The molecule has 0 radical (unpaired) electrons. The maximum atomic E-state index is 5.96. The van der Waals surface area contributed by atoms with Crippen molar-refractivity contribution >= 4 is 0 Å². The normalized spacial score (nSPS) is 21.2. The zero-order valence-electron chi connectivity index (χ0n) is 13.3. The van der Waals surface area contributed by atoms with Crippen molar-refractivity contribution in [2.24, 2.45) is 5.84 Å². The molecule has 0 bridgehead atoms. The minimum atomic E-state index is -0.0699. The predicted octanol–water partition coefficient (Wildman–Crippen LogP) is 1.62. The molecule has 1 aromatic rings. The van der Waals surface area contributed by atoms with E-state index in [4.69, 9.17) is 15.3 Å². The Hall–Kier alpha value is -1.14. The fourth-order valence-corrected chi connectivity index (χ4v) is 2.95. The van der Waals surface area contributed by atoms with Crippen molar-refractivity contribution in [1.82, 2.24) is 10.3 Å². The smallest absolute Gasteiger partial charge is 0.123 e. The highest BCUT2D eigenvalue weighted by Gasteiger charge is 2.30. The Kier molecular flexibility index (Phi) is 5.99. The molecule has 1 heterocycles. The molecule has 21 heavy (non-hydrogen) atoms. The highest BCUT2D eigenvalue weighted by molar-refractivity contribution is 5.39. The van der Waals surface area contributed by atoms with Crippen molar-refractivity contribution in [1.29, 1.82) is 0 Å². The largest absolute Gasteiger partial charge is 0.496 e. The Morgan fingerprint density at radius 2 is 2.33 bits per heavy atom. The summed E-state index contributed by atoms with van der Waals surface area (Å²) < 4.78 is 11.4. The van der Waals surface area contributed by atoms with E-state index in [1.165, 1.54) is 5.56 Å². The van der Waals surface area contributed by atoms with Crippen LogP contribution in [0.2, 0.25) is 0 Å². The minimum Gasteiger partial charge on any atom is -0.496 e. The molecule has 0 aliphatic carbocycles. The molecule has 5 heteroatoms. The van der Waals surface area contributed by atoms with Crippen LogP contribution in [0.15, 0.2) is 18.2 Å². The first kappa shape index (κ1) is 16.2. The van der Waals surface area contributed by atoms with Crippen LogP contribution in [-0.4, -0.2) is 44.4 Å². The average Bonchev–Trinajstić information content (AvgIpc) is 2.49. The third-order valence-corrected chi connectivity index (χ3v) is 3.99. The second-order valence-corrected chi connectivity index (χ2v) is 5.60. The highest BCUT2D eigenvalue weighted by Crippen LogP contribution is 2.30. The summed E-state index contributed by atoms with van der Waals surface area (Å²) in [7, 11) is 1.69. The van der Waals surface area contributed by atoms with Crippen molar-refractivity contribution < 1.29 is 9.47 Å². The summed E-state index contributed by atoms with van der Waals surface area (Å²) in [5, 5.41) is 0. The molecule has 0 saturated carbocycles. The lowest BCUT2D eigenvalue weighted by Crippen LogP contribution is -2.49. The molecule has 1 saturated heterocycles. The van der Waals surface area contributed by atoms with Crippen molar-refractivity contribution in [3.05, 3.63) is 29.3 Å². The van der Waals surface area contributed by atoms with Gasteiger partial charge < -0.3 is 9.47 Å². The summed E-state index contributed by atoms with van der Waals surface area (Å²) in [6, 6.07) is 6.08. The van der Waals surface area contributed by atoms with Gasteiger partial charge in [0.15, 0.2) is 0 Å². The van der Waals surface area contributed by atoms with Gasteiger partial charge in [-0.25, -0.2) is 0 Å². The van der Waals surface area contributed by atoms with E-state index < -0.39 is 0 Å². The molecule has 1 aromatic carbocycles. The Bertz CT molecular complexity index is 451. The van der Waals surface area contributed by atoms with Gasteiger partial charge in [-0.2, -0.15) is 0 Å². The number of ether oxygens (including phenoxy) is 2. The van der Waals surface area contributed by atoms with E-state index in [0.717, 1.165) is 44.0 Å². The Balaban J connectivity index is 2.20.